The molecule has 0 saturated carbocycles. The molecule has 2 N–H and O–H groups in total. The largest absolute Gasteiger partial charge is 0.462 e. The molecular weight excluding hydrogens is 447 g/mol. The molecule has 0 aliphatic carbocycles. The van der Waals surface area contributed by atoms with Crippen LogP contribution in [0.1, 0.15) is 22.3 Å². The lowest BCUT2D eigenvalue weighted by molar-refractivity contribution is -0.143. The predicted molar refractivity (Wildman–Crippen MR) is 101 cm³/mol. The van der Waals surface area contributed by atoms with Crippen molar-refractivity contribution in [3.8, 4) is 6.07 Å². The summed E-state index contributed by atoms with van der Waals surface area (Å²) in [6.07, 6.45) is -9.99. The molecule has 31 heavy (non-hydrogen) atoms. The van der Waals surface area contributed by atoms with Crippen molar-refractivity contribution in [1.29, 1.82) is 5.26 Å². The van der Waals surface area contributed by atoms with Crippen molar-refractivity contribution >= 4 is 29.9 Å². The minimum absolute atomic E-state index is 0.0550. The molecule has 5 nitrogen and oxygen atoms in total. The first kappa shape index (κ1) is 23.0. The van der Waals surface area contributed by atoms with Crippen LogP contribution in [0.15, 0.2) is 41.6 Å². The molecule has 0 aliphatic rings. The molecule has 0 saturated heterocycles. The number of rotatable bonds is 5. The van der Waals surface area contributed by atoms with E-state index in [1.165, 1.54) is 22.8 Å². The molecule has 0 spiro atoms. The lowest BCUT2D eigenvalue weighted by Gasteiger charge is -2.17. The van der Waals surface area contributed by atoms with E-state index in [0.717, 1.165) is 17.8 Å². The van der Waals surface area contributed by atoms with Gasteiger partial charge < -0.3 is 14.6 Å². The number of nitrogens with zero attached hydrogens (tertiary/aromatic N) is 3. The summed E-state index contributed by atoms with van der Waals surface area (Å²) < 4.78 is 80.7. The van der Waals surface area contributed by atoms with E-state index in [2.05, 4.69) is 4.98 Å². The first-order valence-corrected chi connectivity index (χ1v) is 9.55. The maximum absolute atomic E-state index is 13.5. The first-order valence-electron chi connectivity index (χ1n) is 8.57. The van der Waals surface area contributed by atoms with Gasteiger partial charge in [0.2, 0.25) is 0 Å². The second kappa shape index (κ2) is 8.45. The van der Waals surface area contributed by atoms with Crippen LogP contribution < -0.4 is 0 Å². The van der Waals surface area contributed by atoms with Gasteiger partial charge in [0.25, 0.3) is 0 Å². The Balaban J connectivity index is 2.15. The summed E-state index contributed by atoms with van der Waals surface area (Å²) in [5, 5.41) is 27.4. The number of halogens is 6. The zero-order valence-electron chi connectivity index (χ0n) is 15.4. The van der Waals surface area contributed by atoms with Crippen molar-refractivity contribution < 1.29 is 36.4 Å². The van der Waals surface area contributed by atoms with Crippen molar-refractivity contribution in [3.05, 3.63) is 58.7 Å². The Morgan fingerprint density at radius 2 is 1.74 bits per heavy atom. The fourth-order valence-corrected chi connectivity index (χ4v) is 3.69. The van der Waals surface area contributed by atoms with Gasteiger partial charge in [-0.3, -0.25) is 0 Å². The number of hydrogen-bond acceptors (Lipinski definition) is 5. The number of alkyl halides is 6. The van der Waals surface area contributed by atoms with Crippen molar-refractivity contribution in [2.45, 2.75) is 24.1 Å². The van der Waals surface area contributed by atoms with Crippen LogP contribution in [0.3, 0.4) is 0 Å². The Labute approximate surface area is 176 Å². The summed E-state index contributed by atoms with van der Waals surface area (Å²) in [7, 11) is -1.72. The second-order valence-corrected chi connectivity index (χ2v) is 7.44. The zero-order chi connectivity index (χ0) is 23.0. The van der Waals surface area contributed by atoms with Gasteiger partial charge in [0.15, 0.2) is 5.16 Å². The van der Waals surface area contributed by atoms with Gasteiger partial charge >= 0.3 is 19.5 Å². The van der Waals surface area contributed by atoms with Gasteiger partial charge in [-0.05, 0) is 35.9 Å². The van der Waals surface area contributed by atoms with Crippen LogP contribution in [0, 0.1) is 11.3 Å². The quantitative estimate of drug-likeness (QED) is 0.341. The maximum Gasteiger partial charge on any atom is 0.462 e. The van der Waals surface area contributed by atoms with Gasteiger partial charge in [-0.1, -0.05) is 17.8 Å². The van der Waals surface area contributed by atoms with Gasteiger partial charge in [-0.2, -0.15) is 31.6 Å². The number of thioether (sulfide) groups is 1. The average molecular weight is 459 g/mol. The van der Waals surface area contributed by atoms with Crippen LogP contribution in [-0.2, 0) is 18.9 Å². The molecule has 0 amide bonds. The monoisotopic (exact) mass is 459 g/mol. The van der Waals surface area contributed by atoms with E-state index in [1.807, 2.05) is 6.07 Å². The Hall–Kier alpha value is -2.69. The number of aromatic nitrogens is 2. The molecule has 3 rings (SSSR count). The number of imidazole rings is 1. The standard InChI is InChI=1S/C18H12BF6N3O2S/c20-17(21,22)12-3-2-11(13(6-12)18(23,24)25)8-28-15-5-10(7-26)1-4-14(15)27-16(28)31-9-19(29)30/h1-6,29-30H,8-9H2. The lowest BCUT2D eigenvalue weighted by atomic mass is 9.98. The van der Waals surface area contributed by atoms with E-state index in [-0.39, 0.29) is 28.0 Å². The Bertz CT molecular complexity index is 1150. The third kappa shape index (κ3) is 5.15. The molecule has 0 aliphatic heterocycles. The van der Waals surface area contributed by atoms with Crippen LogP contribution >= 0.6 is 11.8 Å². The predicted octanol–water partition coefficient (Wildman–Crippen LogP) is 4.10. The van der Waals surface area contributed by atoms with Crippen LogP contribution in [0.25, 0.3) is 11.0 Å². The lowest BCUT2D eigenvalue weighted by Crippen LogP contribution is -2.17. The third-order valence-electron chi connectivity index (χ3n) is 4.27. The van der Waals surface area contributed by atoms with E-state index < -0.39 is 42.7 Å². The SMILES string of the molecule is N#Cc1ccc2nc(SCB(O)O)n(Cc3ccc(C(F)(F)F)cc3C(F)(F)F)c2c1. The average Bonchev–Trinajstić information content (AvgIpc) is 3.01. The highest BCUT2D eigenvalue weighted by Crippen LogP contribution is 2.38. The molecule has 162 valence electrons. The number of fused-ring (bicyclic) bond motifs is 1. The highest BCUT2D eigenvalue weighted by Gasteiger charge is 2.38. The van der Waals surface area contributed by atoms with Crippen molar-refractivity contribution in [1.82, 2.24) is 9.55 Å². The number of hydrogen-bond donors (Lipinski definition) is 2. The van der Waals surface area contributed by atoms with Crippen LogP contribution in [0.5, 0.6) is 0 Å². The van der Waals surface area contributed by atoms with Crippen LogP contribution in [-0.4, -0.2) is 32.4 Å². The van der Waals surface area contributed by atoms with Crippen molar-refractivity contribution in [2.75, 3.05) is 5.65 Å². The van der Waals surface area contributed by atoms with Gasteiger partial charge in [0.05, 0.1) is 40.3 Å². The summed E-state index contributed by atoms with van der Waals surface area (Å²) in [5.41, 5.74) is -2.74. The van der Waals surface area contributed by atoms with Crippen molar-refractivity contribution in [2.24, 2.45) is 0 Å². The van der Waals surface area contributed by atoms with Crippen LogP contribution in [0.4, 0.5) is 26.3 Å². The van der Waals surface area contributed by atoms with Gasteiger partial charge in [0.1, 0.15) is 0 Å². The number of benzene rings is 2. The maximum atomic E-state index is 13.5. The molecule has 0 radical (unpaired) electrons. The van der Waals surface area contributed by atoms with Crippen molar-refractivity contribution in [3.63, 3.8) is 0 Å². The van der Waals surface area contributed by atoms with Gasteiger partial charge in [0, 0.05) is 5.65 Å². The highest BCUT2D eigenvalue weighted by atomic mass is 32.2. The highest BCUT2D eigenvalue weighted by molar-refractivity contribution is 8.00. The Kier molecular flexibility index (Phi) is 6.27. The molecule has 0 fully saturated rings. The normalized spacial score (nSPS) is 12.2. The second-order valence-electron chi connectivity index (χ2n) is 6.45. The van der Waals surface area contributed by atoms with E-state index in [1.54, 1.807) is 0 Å². The summed E-state index contributed by atoms with van der Waals surface area (Å²) >= 11 is 0.842. The van der Waals surface area contributed by atoms with E-state index in [4.69, 9.17) is 15.3 Å². The smallest absolute Gasteiger partial charge is 0.427 e. The molecule has 3 aromatic rings. The van der Waals surface area contributed by atoms with E-state index >= 15 is 0 Å². The topological polar surface area (TPSA) is 82.1 Å². The van der Waals surface area contributed by atoms with E-state index in [0.29, 0.717) is 11.6 Å². The fourth-order valence-electron chi connectivity index (χ4n) is 2.91. The minimum Gasteiger partial charge on any atom is -0.427 e. The zero-order valence-corrected chi connectivity index (χ0v) is 16.2. The summed E-state index contributed by atoms with van der Waals surface area (Å²) in [5.74, 6) is 0. The Morgan fingerprint density at radius 3 is 2.32 bits per heavy atom. The molecular formula is C18H12BF6N3O2S. The molecule has 1 heterocycles. The van der Waals surface area contributed by atoms with E-state index in [9.17, 15) is 26.3 Å². The first-order chi connectivity index (χ1) is 14.4. The molecule has 2 aromatic carbocycles. The molecule has 0 unspecified atom stereocenters. The Morgan fingerprint density at radius 1 is 1.03 bits per heavy atom. The number of nitriles is 1. The molecule has 0 bridgehead atoms. The third-order valence-corrected chi connectivity index (χ3v) is 5.31. The molecule has 13 heteroatoms. The molecule has 1 aromatic heterocycles. The summed E-state index contributed by atoms with van der Waals surface area (Å²) in [6, 6.07) is 7.58. The minimum atomic E-state index is -5.04. The summed E-state index contributed by atoms with van der Waals surface area (Å²) in [4.78, 5) is 4.24. The fraction of sp³-hybridized carbons (Fsp3) is 0.222. The molecule has 0 atom stereocenters. The van der Waals surface area contributed by atoms with Gasteiger partial charge in [-0.15, -0.1) is 0 Å². The van der Waals surface area contributed by atoms with Crippen LogP contribution in [0.2, 0.25) is 0 Å². The summed E-state index contributed by atoms with van der Waals surface area (Å²) in [6.45, 7) is -0.498. The van der Waals surface area contributed by atoms with Gasteiger partial charge in [-0.25, -0.2) is 4.98 Å².